The van der Waals surface area contributed by atoms with Gasteiger partial charge < -0.3 is 28.5 Å². The zero-order valence-electron chi connectivity index (χ0n) is 56.8. The van der Waals surface area contributed by atoms with Crippen LogP contribution >= 0.6 is 7.82 Å². The van der Waals surface area contributed by atoms with Crippen molar-refractivity contribution in [1.82, 2.24) is 5.32 Å². The summed E-state index contributed by atoms with van der Waals surface area (Å²) in [6.07, 6.45) is 84.5. The Hall–Kier alpha value is -2.55. The number of carbonyl (C=O) groups excluding carboxylic acids is 2. The van der Waals surface area contributed by atoms with Gasteiger partial charge in [-0.15, -0.1) is 0 Å². The van der Waals surface area contributed by atoms with E-state index in [2.05, 4.69) is 86.8 Å². The highest BCUT2D eigenvalue weighted by atomic mass is 31.2. The van der Waals surface area contributed by atoms with E-state index in [0.29, 0.717) is 17.4 Å². The molecule has 0 fully saturated rings. The lowest BCUT2D eigenvalue weighted by molar-refractivity contribution is -0.870. The Bertz CT molecular complexity index is 1680. The van der Waals surface area contributed by atoms with Gasteiger partial charge in [-0.05, 0) is 102 Å². The summed E-state index contributed by atoms with van der Waals surface area (Å²) in [6, 6.07) is -0.894. The molecular weight excluding hydrogens is 1070 g/mol. The summed E-state index contributed by atoms with van der Waals surface area (Å²) in [5.74, 6) is -0.538. The lowest BCUT2D eigenvalue weighted by Crippen LogP contribution is -2.47. The molecule has 1 N–H and O–H groups in total. The van der Waals surface area contributed by atoms with Gasteiger partial charge in [-0.1, -0.05) is 299 Å². The molecule has 0 aliphatic heterocycles. The molecule has 85 heavy (non-hydrogen) atoms. The predicted molar refractivity (Wildman–Crippen MR) is 367 cm³/mol. The van der Waals surface area contributed by atoms with Crippen molar-refractivity contribution in [2.45, 2.75) is 354 Å². The maximum Gasteiger partial charge on any atom is 0.306 e. The van der Waals surface area contributed by atoms with Gasteiger partial charge in [0, 0.05) is 12.8 Å². The minimum absolute atomic E-state index is 0.0247. The molecule has 0 aromatic carbocycles. The molecule has 0 heterocycles. The summed E-state index contributed by atoms with van der Waals surface area (Å²) in [7, 11) is 1.18. The second-order valence-electron chi connectivity index (χ2n) is 25.7. The summed E-state index contributed by atoms with van der Waals surface area (Å²) in [6.45, 7) is 6.84. The number of phosphoric ester groups is 1. The first kappa shape index (κ1) is 82.5. The van der Waals surface area contributed by atoms with Crippen molar-refractivity contribution in [3.05, 3.63) is 72.9 Å². The quantitative estimate of drug-likeness (QED) is 0.0212. The number of esters is 1. The van der Waals surface area contributed by atoms with Gasteiger partial charge >= 0.3 is 5.97 Å². The fourth-order valence-electron chi connectivity index (χ4n) is 10.5. The van der Waals surface area contributed by atoms with Crippen LogP contribution in [0.3, 0.4) is 0 Å². The van der Waals surface area contributed by atoms with Crippen molar-refractivity contribution < 1.29 is 37.3 Å². The molecule has 0 saturated heterocycles. The Morgan fingerprint density at radius 2 is 0.718 bits per heavy atom. The Morgan fingerprint density at radius 1 is 0.412 bits per heavy atom. The molecule has 496 valence electrons. The highest BCUT2D eigenvalue weighted by molar-refractivity contribution is 7.45. The van der Waals surface area contributed by atoms with E-state index in [1.807, 2.05) is 33.3 Å². The summed E-state index contributed by atoms with van der Waals surface area (Å²) in [5.41, 5.74) is 0. The molecule has 0 aliphatic carbocycles. The second-order valence-corrected chi connectivity index (χ2v) is 27.1. The summed E-state index contributed by atoms with van der Waals surface area (Å²) < 4.78 is 30.4. The molecule has 0 aromatic rings. The van der Waals surface area contributed by atoms with Crippen LogP contribution in [0, 0.1) is 0 Å². The maximum absolute atomic E-state index is 13.6. The van der Waals surface area contributed by atoms with Crippen molar-refractivity contribution in [2.75, 3.05) is 40.9 Å². The third-order valence-electron chi connectivity index (χ3n) is 16.1. The number of nitrogens with zero attached hydrogens (tertiary/aromatic N) is 1. The minimum atomic E-state index is -4.71. The van der Waals surface area contributed by atoms with E-state index < -0.39 is 26.6 Å². The topological polar surface area (TPSA) is 114 Å². The molecule has 9 nitrogen and oxygen atoms in total. The van der Waals surface area contributed by atoms with Crippen LogP contribution in [-0.2, 0) is 27.9 Å². The molecule has 0 radical (unpaired) electrons. The van der Waals surface area contributed by atoms with Gasteiger partial charge in [0.05, 0.1) is 33.8 Å². The fraction of sp³-hybridized carbons (Fsp3) is 0.813. The third kappa shape index (κ3) is 65.7. The first-order valence-corrected chi connectivity index (χ1v) is 37.7. The SMILES string of the molecule is CCCCC/C=C\C/C=C\C/C=C\C/C=C\CCCCCCCCCCCC(=O)NC(COP(=O)([O-])OCC[N+](C)(C)C)C(/C=C/CCCCCCCCCCC)OC(=O)CCCCCCCCCCCCCCC/C=C/CCCCCCCC. The summed E-state index contributed by atoms with van der Waals surface area (Å²) >= 11 is 0. The molecule has 3 atom stereocenters. The van der Waals surface area contributed by atoms with Crippen molar-refractivity contribution in [1.29, 1.82) is 0 Å². The van der Waals surface area contributed by atoms with Crippen molar-refractivity contribution >= 4 is 19.7 Å². The number of ether oxygens (including phenoxy) is 1. The van der Waals surface area contributed by atoms with Crippen LogP contribution in [0.15, 0.2) is 72.9 Å². The second kappa shape index (κ2) is 64.4. The maximum atomic E-state index is 13.6. The molecule has 0 aromatic heterocycles. The van der Waals surface area contributed by atoms with Gasteiger partial charge in [-0.25, -0.2) is 0 Å². The molecule has 0 rings (SSSR count). The molecule has 3 unspecified atom stereocenters. The molecule has 0 spiro atoms. The highest BCUT2D eigenvalue weighted by Crippen LogP contribution is 2.38. The molecular formula is C75H139N2O7P. The number of amides is 1. The van der Waals surface area contributed by atoms with E-state index in [1.54, 1.807) is 0 Å². The molecule has 0 bridgehead atoms. The number of hydrogen-bond donors (Lipinski definition) is 1. The number of unbranched alkanes of at least 4 members (excludes halogenated alkanes) is 40. The van der Waals surface area contributed by atoms with E-state index in [-0.39, 0.29) is 24.9 Å². The minimum Gasteiger partial charge on any atom is -0.756 e. The summed E-state index contributed by atoms with van der Waals surface area (Å²) in [4.78, 5) is 40.2. The van der Waals surface area contributed by atoms with Crippen molar-refractivity contribution in [3.8, 4) is 0 Å². The van der Waals surface area contributed by atoms with Gasteiger partial charge in [0.2, 0.25) is 5.91 Å². The van der Waals surface area contributed by atoms with E-state index in [1.165, 1.54) is 218 Å². The Morgan fingerprint density at radius 3 is 1.11 bits per heavy atom. The van der Waals surface area contributed by atoms with Crippen molar-refractivity contribution in [3.63, 3.8) is 0 Å². The molecule has 0 aliphatic rings. The molecule has 1 amide bonds. The van der Waals surface area contributed by atoms with Crippen LogP contribution in [-0.4, -0.2) is 69.4 Å². The Balaban J connectivity index is 5.02. The molecule has 0 saturated carbocycles. The number of allylic oxidation sites excluding steroid dienone is 11. The van der Waals surface area contributed by atoms with Crippen LogP contribution in [0.5, 0.6) is 0 Å². The Labute approximate surface area is 527 Å². The standard InChI is InChI=1S/C75H139N2O7P/c1-7-10-13-16-19-22-25-27-29-31-33-35-37-38-40-41-43-45-47-49-52-55-58-61-64-67-74(78)76-72(71-83-85(80,81)82-70-69-77(4,5)6)73(66-63-60-57-54-51-24-21-18-15-12-9-3)84-75(79)68-65-62-59-56-53-50-48-46-44-42-39-36-34-32-30-28-26-23-20-17-14-11-8-2/h19,22,27-30,33,35,38,40,63,66,72-73H,7-18,20-21,23-26,31-32,34,36-37,39,41-62,64-65,67-71H2,1-6H3,(H-,76,78,80,81)/b22-19-,29-27-,30-28+,35-33-,40-38-,66-63+. The largest absolute Gasteiger partial charge is 0.756 e. The average Bonchev–Trinajstić information content (AvgIpc) is 3.64. The van der Waals surface area contributed by atoms with Crippen LogP contribution in [0.4, 0.5) is 0 Å². The smallest absolute Gasteiger partial charge is 0.306 e. The Kier molecular flexibility index (Phi) is 62.5. The number of nitrogens with one attached hydrogen (secondary N) is 1. The van der Waals surface area contributed by atoms with Crippen LogP contribution in [0.2, 0.25) is 0 Å². The normalized spacial score (nSPS) is 13.9. The van der Waals surface area contributed by atoms with Gasteiger partial charge in [0.25, 0.3) is 7.82 Å². The van der Waals surface area contributed by atoms with Gasteiger partial charge in [-0.2, -0.15) is 0 Å². The average molecular weight is 1210 g/mol. The van der Waals surface area contributed by atoms with Crippen LogP contribution in [0.25, 0.3) is 0 Å². The predicted octanol–water partition coefficient (Wildman–Crippen LogP) is 22.5. The van der Waals surface area contributed by atoms with Crippen LogP contribution in [0.1, 0.15) is 342 Å². The number of likely N-dealkylation sites (N-methyl/N-ethyl adjacent to an activating group) is 1. The lowest BCUT2D eigenvalue weighted by Gasteiger charge is -2.30. The zero-order valence-corrected chi connectivity index (χ0v) is 57.7. The number of carbonyl (C=O) groups is 2. The monoisotopic (exact) mass is 1210 g/mol. The number of rotatable bonds is 66. The number of phosphoric acid groups is 1. The summed E-state index contributed by atoms with van der Waals surface area (Å²) in [5, 5.41) is 3.04. The van der Waals surface area contributed by atoms with Crippen molar-refractivity contribution in [2.24, 2.45) is 0 Å². The first-order valence-electron chi connectivity index (χ1n) is 36.2. The number of hydrogen-bond acceptors (Lipinski definition) is 7. The zero-order chi connectivity index (χ0) is 62.1. The van der Waals surface area contributed by atoms with E-state index in [0.717, 1.165) is 89.9 Å². The highest BCUT2D eigenvalue weighted by Gasteiger charge is 2.27. The van der Waals surface area contributed by atoms with Gasteiger partial charge in [0.1, 0.15) is 19.3 Å². The van der Waals surface area contributed by atoms with E-state index in [9.17, 15) is 19.0 Å². The van der Waals surface area contributed by atoms with E-state index in [4.69, 9.17) is 13.8 Å². The molecule has 10 heteroatoms. The third-order valence-corrected chi connectivity index (χ3v) is 17.1. The lowest BCUT2D eigenvalue weighted by atomic mass is 10.0. The first-order chi connectivity index (χ1) is 41.4. The van der Waals surface area contributed by atoms with E-state index >= 15 is 0 Å². The van der Waals surface area contributed by atoms with Gasteiger partial charge in [0.15, 0.2) is 0 Å². The fourth-order valence-corrected chi connectivity index (χ4v) is 11.2. The van der Waals surface area contributed by atoms with Crippen LogP contribution < -0.4 is 10.2 Å². The van der Waals surface area contributed by atoms with Gasteiger partial charge in [-0.3, -0.25) is 14.2 Å². The number of quaternary nitrogens is 1.